The van der Waals surface area contributed by atoms with Crippen LogP contribution in [-0.2, 0) is 15.7 Å². The molecule has 0 bridgehead atoms. The fourth-order valence-corrected chi connectivity index (χ4v) is 2.66. The van der Waals surface area contributed by atoms with Crippen molar-refractivity contribution in [1.29, 1.82) is 0 Å². The van der Waals surface area contributed by atoms with E-state index >= 15 is 0 Å². The zero-order valence-corrected chi connectivity index (χ0v) is 11.7. The number of esters is 1. The van der Waals surface area contributed by atoms with Gasteiger partial charge in [-0.2, -0.15) is 13.2 Å². The number of hydrogen-bond donors (Lipinski definition) is 1. The zero-order valence-electron chi connectivity index (χ0n) is 11.7. The molecule has 0 radical (unpaired) electrons. The Bertz CT molecular complexity index is 485. The second-order valence-electron chi connectivity index (χ2n) is 5.30. The third kappa shape index (κ3) is 4.20. The van der Waals surface area contributed by atoms with Crippen molar-refractivity contribution in [2.45, 2.75) is 31.5 Å². The van der Waals surface area contributed by atoms with Gasteiger partial charge in [-0.3, -0.25) is 4.79 Å². The first-order valence-corrected chi connectivity index (χ1v) is 6.87. The summed E-state index contributed by atoms with van der Waals surface area (Å²) in [5.74, 6) is -0.0425. The first-order chi connectivity index (χ1) is 9.90. The van der Waals surface area contributed by atoms with Crippen LogP contribution in [0.5, 0.6) is 0 Å². The third-order valence-electron chi connectivity index (χ3n) is 3.84. The minimum Gasteiger partial charge on any atom is -0.469 e. The van der Waals surface area contributed by atoms with Crippen LogP contribution in [0, 0.1) is 5.92 Å². The molecule has 1 N–H and O–H groups in total. The van der Waals surface area contributed by atoms with Gasteiger partial charge >= 0.3 is 12.1 Å². The minimum atomic E-state index is -4.31. The maximum atomic E-state index is 12.5. The predicted octanol–water partition coefficient (Wildman–Crippen LogP) is 3.31. The van der Waals surface area contributed by atoms with Gasteiger partial charge < -0.3 is 10.1 Å². The molecule has 0 amide bonds. The highest BCUT2D eigenvalue weighted by atomic mass is 19.4. The molecule has 0 spiro atoms. The number of rotatable bonds is 3. The summed E-state index contributed by atoms with van der Waals surface area (Å²) in [7, 11) is 1.36. The van der Waals surface area contributed by atoms with Crippen LogP contribution in [0.15, 0.2) is 24.3 Å². The van der Waals surface area contributed by atoms with E-state index in [9.17, 15) is 18.0 Å². The molecule has 1 aromatic rings. The molecule has 1 heterocycles. The molecule has 21 heavy (non-hydrogen) atoms. The van der Waals surface area contributed by atoms with Gasteiger partial charge in [0.15, 0.2) is 0 Å². The van der Waals surface area contributed by atoms with Crippen LogP contribution in [0.25, 0.3) is 0 Å². The molecule has 3 nitrogen and oxygen atoms in total. The van der Waals surface area contributed by atoms with Crippen LogP contribution in [0.3, 0.4) is 0 Å². The van der Waals surface area contributed by atoms with Gasteiger partial charge in [-0.05, 0) is 43.0 Å². The Balaban J connectivity index is 2.02. The smallest absolute Gasteiger partial charge is 0.416 e. The lowest BCUT2D eigenvalue weighted by molar-refractivity contribution is -0.142. The van der Waals surface area contributed by atoms with Crippen LogP contribution < -0.4 is 5.32 Å². The van der Waals surface area contributed by atoms with Gasteiger partial charge in [0.05, 0.1) is 12.7 Å². The molecular weight excluding hydrogens is 283 g/mol. The van der Waals surface area contributed by atoms with E-state index in [2.05, 4.69) is 10.1 Å². The number of hydrogen-bond acceptors (Lipinski definition) is 3. The Hall–Kier alpha value is -1.56. The second-order valence-corrected chi connectivity index (χ2v) is 5.30. The molecule has 1 saturated heterocycles. The Morgan fingerprint density at radius 3 is 2.57 bits per heavy atom. The average Bonchev–Trinajstić information content (AvgIpc) is 2.46. The average molecular weight is 301 g/mol. The van der Waals surface area contributed by atoms with Crippen LogP contribution in [0.1, 0.15) is 36.4 Å². The number of ether oxygens (including phenoxy) is 1. The van der Waals surface area contributed by atoms with Gasteiger partial charge in [-0.15, -0.1) is 0 Å². The molecule has 2 rings (SSSR count). The van der Waals surface area contributed by atoms with Gasteiger partial charge in [-0.1, -0.05) is 12.1 Å². The number of nitrogens with one attached hydrogen (secondary N) is 1. The minimum absolute atomic E-state index is 0.0179. The molecule has 2 atom stereocenters. The fraction of sp³-hybridized carbons (Fsp3) is 0.533. The monoisotopic (exact) mass is 301 g/mol. The Morgan fingerprint density at radius 1 is 1.33 bits per heavy atom. The second kappa shape index (κ2) is 6.47. The van der Waals surface area contributed by atoms with Crippen LogP contribution >= 0.6 is 0 Å². The van der Waals surface area contributed by atoms with Crippen LogP contribution in [0.2, 0.25) is 0 Å². The van der Waals surface area contributed by atoms with E-state index in [1.165, 1.54) is 19.2 Å². The number of piperidine rings is 1. The molecule has 1 aliphatic heterocycles. The maximum Gasteiger partial charge on any atom is 0.416 e. The van der Waals surface area contributed by atoms with E-state index in [0.29, 0.717) is 6.42 Å². The summed E-state index contributed by atoms with van der Waals surface area (Å²) in [6.07, 6.45) is -2.37. The summed E-state index contributed by atoms with van der Waals surface area (Å²) in [5.41, 5.74) is 0.172. The molecule has 6 heteroatoms. The molecule has 0 aliphatic carbocycles. The lowest BCUT2D eigenvalue weighted by atomic mass is 9.86. The molecular formula is C15H18F3NO2. The SMILES string of the molecule is COC(=O)C[C@@H]1CCN[C@@H](c2ccc(C(F)(F)F)cc2)C1. The number of benzene rings is 1. The Morgan fingerprint density at radius 2 is 2.00 bits per heavy atom. The lowest BCUT2D eigenvalue weighted by Crippen LogP contribution is -2.32. The molecule has 116 valence electrons. The first kappa shape index (κ1) is 15.8. The van der Waals surface area contributed by atoms with E-state index in [1.54, 1.807) is 0 Å². The van der Waals surface area contributed by atoms with E-state index in [-0.39, 0.29) is 17.9 Å². The van der Waals surface area contributed by atoms with Crippen LogP contribution in [0.4, 0.5) is 13.2 Å². The van der Waals surface area contributed by atoms with Gasteiger partial charge in [0.1, 0.15) is 0 Å². The fourth-order valence-electron chi connectivity index (χ4n) is 2.66. The number of alkyl halides is 3. The Kier molecular flexibility index (Phi) is 4.88. The number of carbonyl (C=O) groups is 1. The van der Waals surface area contributed by atoms with E-state index in [1.807, 2.05) is 0 Å². The van der Waals surface area contributed by atoms with Crippen molar-refractivity contribution >= 4 is 5.97 Å². The standard InChI is InChI=1S/C15H18F3NO2/c1-21-14(20)9-10-6-7-19-13(8-10)11-2-4-12(5-3-11)15(16,17)18/h2-5,10,13,19H,6-9H2,1H3/t10-,13-/m1/s1. The topological polar surface area (TPSA) is 38.3 Å². The maximum absolute atomic E-state index is 12.5. The van der Waals surface area contributed by atoms with E-state index in [4.69, 9.17) is 0 Å². The molecule has 1 aliphatic rings. The third-order valence-corrected chi connectivity index (χ3v) is 3.84. The highest BCUT2D eigenvalue weighted by molar-refractivity contribution is 5.69. The number of halogens is 3. The van der Waals surface area contributed by atoms with E-state index in [0.717, 1.165) is 37.1 Å². The highest BCUT2D eigenvalue weighted by Crippen LogP contribution is 2.33. The van der Waals surface area contributed by atoms with Crippen molar-refractivity contribution in [3.8, 4) is 0 Å². The molecule has 0 unspecified atom stereocenters. The summed E-state index contributed by atoms with van der Waals surface area (Å²) in [6.45, 7) is 0.743. The summed E-state index contributed by atoms with van der Waals surface area (Å²) < 4.78 is 42.3. The lowest BCUT2D eigenvalue weighted by Gasteiger charge is -2.30. The van der Waals surface area contributed by atoms with Crippen LogP contribution in [-0.4, -0.2) is 19.6 Å². The molecule has 0 aromatic heterocycles. The van der Waals surface area contributed by atoms with Crippen molar-refractivity contribution in [1.82, 2.24) is 5.32 Å². The highest BCUT2D eigenvalue weighted by Gasteiger charge is 2.31. The van der Waals surface area contributed by atoms with Crippen molar-refractivity contribution in [2.24, 2.45) is 5.92 Å². The first-order valence-electron chi connectivity index (χ1n) is 6.87. The summed E-state index contributed by atoms with van der Waals surface area (Å²) in [6, 6.07) is 5.18. The normalized spacial score (nSPS) is 22.9. The molecule has 0 saturated carbocycles. The molecule has 1 fully saturated rings. The van der Waals surface area contributed by atoms with Gasteiger partial charge in [-0.25, -0.2) is 0 Å². The predicted molar refractivity (Wildman–Crippen MR) is 71.5 cm³/mol. The Labute approximate surface area is 121 Å². The summed E-state index contributed by atoms with van der Waals surface area (Å²) in [5, 5.41) is 3.28. The summed E-state index contributed by atoms with van der Waals surface area (Å²) in [4.78, 5) is 11.3. The number of carbonyl (C=O) groups excluding carboxylic acids is 1. The van der Waals surface area contributed by atoms with Gasteiger partial charge in [0.2, 0.25) is 0 Å². The van der Waals surface area contributed by atoms with Gasteiger partial charge in [0, 0.05) is 12.5 Å². The van der Waals surface area contributed by atoms with Crippen molar-refractivity contribution in [3.63, 3.8) is 0 Å². The van der Waals surface area contributed by atoms with E-state index < -0.39 is 11.7 Å². The van der Waals surface area contributed by atoms with Crippen molar-refractivity contribution in [3.05, 3.63) is 35.4 Å². The van der Waals surface area contributed by atoms with Crippen molar-refractivity contribution < 1.29 is 22.7 Å². The summed E-state index contributed by atoms with van der Waals surface area (Å²) >= 11 is 0. The number of methoxy groups -OCH3 is 1. The van der Waals surface area contributed by atoms with Crippen molar-refractivity contribution in [2.75, 3.05) is 13.7 Å². The quantitative estimate of drug-likeness (QED) is 0.871. The van der Waals surface area contributed by atoms with Gasteiger partial charge in [0.25, 0.3) is 0 Å². The largest absolute Gasteiger partial charge is 0.469 e. The molecule has 1 aromatic carbocycles. The zero-order chi connectivity index (χ0) is 15.5.